The lowest BCUT2D eigenvalue weighted by molar-refractivity contribution is -0.127. The Morgan fingerprint density at radius 1 is 1.12 bits per heavy atom. The highest BCUT2D eigenvalue weighted by molar-refractivity contribution is 7.90. The average molecular weight is 474 g/mol. The predicted octanol–water partition coefficient (Wildman–Crippen LogP) is 2.48. The smallest absolute Gasteiger partial charge is 0.222 e. The first-order valence-electron chi connectivity index (χ1n) is 11.3. The number of nitrogens with zero attached hydrogens (tertiary/aromatic N) is 2. The van der Waals surface area contributed by atoms with E-state index in [-0.39, 0.29) is 12.5 Å². The Kier molecular flexibility index (Phi) is 7.64. The Morgan fingerprint density at radius 2 is 1.88 bits per heavy atom. The molecule has 0 radical (unpaired) electrons. The minimum Gasteiger partial charge on any atom is -0.489 e. The number of carbonyl (C=O) groups excluding carboxylic acids is 1. The van der Waals surface area contributed by atoms with Gasteiger partial charge in [-0.05, 0) is 36.1 Å². The fourth-order valence-corrected chi connectivity index (χ4v) is 5.87. The zero-order valence-corrected chi connectivity index (χ0v) is 19.7. The summed E-state index contributed by atoms with van der Waals surface area (Å²) in [6.45, 7) is 2.20. The molecule has 8 nitrogen and oxygen atoms in total. The highest BCUT2D eigenvalue weighted by Crippen LogP contribution is 2.34. The molecule has 2 aromatic carbocycles. The van der Waals surface area contributed by atoms with Gasteiger partial charge in [0.1, 0.15) is 17.6 Å². The summed E-state index contributed by atoms with van der Waals surface area (Å²) in [6, 6.07) is 17.0. The fourth-order valence-electron chi connectivity index (χ4n) is 4.31. The van der Waals surface area contributed by atoms with Crippen LogP contribution in [0.1, 0.15) is 36.4 Å². The van der Waals surface area contributed by atoms with Gasteiger partial charge in [-0.2, -0.15) is 5.06 Å². The molecule has 1 N–H and O–H groups in total. The van der Waals surface area contributed by atoms with Crippen LogP contribution < -0.4 is 9.46 Å². The molecule has 2 saturated heterocycles. The molecule has 2 aliphatic rings. The number of amides is 1. The minimum atomic E-state index is -3.61. The maximum Gasteiger partial charge on any atom is 0.222 e. The van der Waals surface area contributed by atoms with Gasteiger partial charge in [0, 0.05) is 33.1 Å². The van der Waals surface area contributed by atoms with E-state index >= 15 is 0 Å². The van der Waals surface area contributed by atoms with Crippen LogP contribution in [0.15, 0.2) is 54.6 Å². The Morgan fingerprint density at radius 3 is 2.58 bits per heavy atom. The molecule has 9 heteroatoms. The van der Waals surface area contributed by atoms with E-state index in [0.717, 1.165) is 29.8 Å². The third-order valence-electron chi connectivity index (χ3n) is 6.13. The molecule has 0 aliphatic carbocycles. The molecule has 0 spiro atoms. The van der Waals surface area contributed by atoms with E-state index in [2.05, 4.69) is 4.72 Å². The lowest BCUT2D eigenvalue weighted by Crippen LogP contribution is -2.40. The summed E-state index contributed by atoms with van der Waals surface area (Å²) in [5.41, 5.74) is 1.93. The van der Waals surface area contributed by atoms with Crippen molar-refractivity contribution in [3.8, 4) is 5.75 Å². The van der Waals surface area contributed by atoms with Crippen molar-refractivity contribution in [3.05, 3.63) is 65.7 Å². The number of carbonyl (C=O) groups is 1. The second kappa shape index (κ2) is 10.6. The number of hydroxylamine groups is 2. The summed E-state index contributed by atoms with van der Waals surface area (Å²) in [5, 5.41) is 0.874. The van der Waals surface area contributed by atoms with Crippen LogP contribution in [-0.2, 0) is 26.3 Å². The van der Waals surface area contributed by atoms with Gasteiger partial charge in [-0.1, -0.05) is 42.5 Å². The monoisotopic (exact) mass is 473 g/mol. The SMILES string of the molecule is CN1OC[C@H](S(=O)(=O)NCCCN2CCCC2=O)[C@@H]1c1ccc(OCc2ccccc2)cc1. The molecule has 0 bridgehead atoms. The summed E-state index contributed by atoms with van der Waals surface area (Å²) in [6.07, 6.45) is 2.07. The Balaban J connectivity index is 1.34. The van der Waals surface area contributed by atoms with E-state index in [4.69, 9.17) is 9.57 Å². The van der Waals surface area contributed by atoms with Gasteiger partial charge in [-0.3, -0.25) is 9.63 Å². The second-order valence-corrected chi connectivity index (χ2v) is 10.4. The largest absolute Gasteiger partial charge is 0.489 e. The first kappa shape index (κ1) is 23.7. The van der Waals surface area contributed by atoms with E-state index < -0.39 is 21.3 Å². The first-order valence-corrected chi connectivity index (χ1v) is 12.9. The van der Waals surface area contributed by atoms with E-state index in [1.54, 1.807) is 17.0 Å². The third kappa shape index (κ3) is 5.92. The van der Waals surface area contributed by atoms with Crippen molar-refractivity contribution in [2.24, 2.45) is 0 Å². The number of ether oxygens (including phenoxy) is 1. The van der Waals surface area contributed by atoms with Gasteiger partial charge in [0.05, 0.1) is 12.6 Å². The molecule has 2 aromatic rings. The maximum atomic E-state index is 13.0. The number of hydrogen-bond donors (Lipinski definition) is 1. The normalized spacial score (nSPS) is 21.6. The molecule has 0 aromatic heterocycles. The van der Waals surface area contributed by atoms with Crippen molar-refractivity contribution in [2.75, 3.05) is 33.3 Å². The highest BCUT2D eigenvalue weighted by Gasteiger charge is 2.43. The Labute approximate surface area is 195 Å². The molecule has 2 heterocycles. The van der Waals surface area contributed by atoms with Crippen molar-refractivity contribution in [1.29, 1.82) is 0 Å². The quantitative estimate of drug-likeness (QED) is 0.534. The van der Waals surface area contributed by atoms with Crippen LogP contribution in [0.4, 0.5) is 0 Å². The lowest BCUT2D eigenvalue weighted by Gasteiger charge is -2.23. The lowest BCUT2D eigenvalue weighted by atomic mass is 10.0. The van der Waals surface area contributed by atoms with Crippen LogP contribution >= 0.6 is 0 Å². The topological polar surface area (TPSA) is 88.2 Å². The molecule has 2 atom stereocenters. The summed E-state index contributed by atoms with van der Waals surface area (Å²) >= 11 is 0. The molecule has 0 saturated carbocycles. The molecule has 1 amide bonds. The minimum absolute atomic E-state index is 0.0906. The van der Waals surface area contributed by atoms with Gasteiger partial charge in [0.15, 0.2) is 0 Å². The van der Waals surface area contributed by atoms with Gasteiger partial charge in [-0.15, -0.1) is 0 Å². The molecular formula is C24H31N3O5S. The molecule has 2 aliphatic heterocycles. The van der Waals surface area contributed by atoms with Crippen molar-refractivity contribution in [2.45, 2.75) is 37.2 Å². The zero-order valence-electron chi connectivity index (χ0n) is 18.9. The van der Waals surface area contributed by atoms with Crippen LogP contribution in [0.25, 0.3) is 0 Å². The molecule has 178 valence electrons. The molecule has 33 heavy (non-hydrogen) atoms. The third-order valence-corrected chi connectivity index (χ3v) is 7.93. The van der Waals surface area contributed by atoms with Gasteiger partial charge >= 0.3 is 0 Å². The number of nitrogens with one attached hydrogen (secondary N) is 1. The highest BCUT2D eigenvalue weighted by atomic mass is 32.2. The first-order chi connectivity index (χ1) is 15.9. The Hall–Kier alpha value is -2.46. The molecule has 2 fully saturated rings. The summed E-state index contributed by atoms with van der Waals surface area (Å²) in [4.78, 5) is 19.1. The standard InChI is InChI=1S/C24H31N3O5S/c1-26-24(20-10-12-21(13-11-20)31-17-19-7-3-2-4-8-19)22(18-32-26)33(29,30)25-14-6-16-27-15-5-9-23(27)28/h2-4,7-8,10-13,22,24-25H,5-6,9,14-18H2,1H3/t22-,24-/m0/s1. The molecular weight excluding hydrogens is 442 g/mol. The van der Waals surface area contributed by atoms with Crippen molar-refractivity contribution < 1.29 is 22.8 Å². The number of sulfonamides is 1. The zero-order chi connectivity index (χ0) is 23.3. The summed E-state index contributed by atoms with van der Waals surface area (Å²) < 4.78 is 34.6. The summed E-state index contributed by atoms with van der Waals surface area (Å²) in [7, 11) is -1.86. The molecule has 0 unspecified atom stereocenters. The number of hydrogen-bond acceptors (Lipinski definition) is 6. The van der Waals surface area contributed by atoms with E-state index in [1.807, 2.05) is 54.6 Å². The second-order valence-electron chi connectivity index (χ2n) is 8.45. The predicted molar refractivity (Wildman–Crippen MR) is 125 cm³/mol. The number of benzene rings is 2. The maximum absolute atomic E-state index is 13.0. The van der Waals surface area contributed by atoms with E-state index in [1.165, 1.54) is 0 Å². The number of rotatable bonds is 10. The number of likely N-dealkylation sites (tertiary alicyclic amines) is 1. The van der Waals surface area contributed by atoms with Gasteiger partial charge in [0.25, 0.3) is 0 Å². The van der Waals surface area contributed by atoms with Gasteiger partial charge in [-0.25, -0.2) is 13.1 Å². The Bertz CT molecular complexity index is 1030. The van der Waals surface area contributed by atoms with E-state index in [0.29, 0.717) is 32.5 Å². The van der Waals surface area contributed by atoms with Crippen molar-refractivity contribution >= 4 is 15.9 Å². The van der Waals surface area contributed by atoms with Crippen LogP contribution in [0.5, 0.6) is 5.75 Å². The molecule has 4 rings (SSSR count). The average Bonchev–Trinajstić information content (AvgIpc) is 3.42. The van der Waals surface area contributed by atoms with E-state index in [9.17, 15) is 13.2 Å². The van der Waals surface area contributed by atoms with Crippen LogP contribution in [0, 0.1) is 0 Å². The van der Waals surface area contributed by atoms with Crippen LogP contribution in [-0.4, -0.2) is 62.8 Å². The van der Waals surface area contributed by atoms with Crippen LogP contribution in [0.3, 0.4) is 0 Å². The fraction of sp³-hybridized carbons (Fsp3) is 0.458. The van der Waals surface area contributed by atoms with Crippen molar-refractivity contribution in [1.82, 2.24) is 14.7 Å². The van der Waals surface area contributed by atoms with Crippen LogP contribution in [0.2, 0.25) is 0 Å². The van der Waals surface area contributed by atoms with Gasteiger partial charge < -0.3 is 9.64 Å². The van der Waals surface area contributed by atoms with Crippen molar-refractivity contribution in [3.63, 3.8) is 0 Å². The summed E-state index contributed by atoms with van der Waals surface area (Å²) in [5.74, 6) is 0.873. The van der Waals surface area contributed by atoms with Gasteiger partial charge in [0.2, 0.25) is 15.9 Å².